The lowest BCUT2D eigenvalue weighted by Gasteiger charge is -2.40. The second kappa shape index (κ2) is 25.0. The monoisotopic (exact) mass is 1320 g/mol. The number of hydrogen-bond donors (Lipinski definition) is 0. The van der Waals surface area contributed by atoms with E-state index >= 15 is 19.2 Å². The first-order chi connectivity index (χ1) is 46.8. The Labute approximate surface area is 560 Å². The molecule has 4 aromatic carbocycles. The normalized spacial score (nSPS) is 26.8. The van der Waals surface area contributed by atoms with Crippen LogP contribution in [0.5, 0.6) is 0 Å². The highest BCUT2D eigenvalue weighted by atomic mass is 32.1. The van der Waals surface area contributed by atoms with Crippen LogP contribution in [0.3, 0.4) is 0 Å². The number of allylic oxidation sites excluding steroid dienone is 6. The fraction of sp³-hybridized carbons (Fsp3) is 0.368. The van der Waals surface area contributed by atoms with E-state index in [4.69, 9.17) is 48.4 Å². The number of rotatable bonds is 14. The smallest absolute Gasteiger partial charge is 0.369 e. The molecule has 18 nitrogen and oxygen atoms in total. The second-order valence-electron chi connectivity index (χ2n) is 26.9. The van der Waals surface area contributed by atoms with Crippen molar-refractivity contribution >= 4 is 103 Å². The Hall–Kier alpha value is -9.40. The number of benzene rings is 4. The Morgan fingerprint density at radius 3 is 0.979 bits per heavy atom. The molecule has 10 atom stereocenters. The highest BCUT2D eigenvalue weighted by Crippen LogP contribution is 2.57. The van der Waals surface area contributed by atoms with Gasteiger partial charge in [-0.05, 0) is 83.8 Å². The van der Waals surface area contributed by atoms with Crippen molar-refractivity contribution in [2.75, 3.05) is 0 Å². The number of aliphatic imine (C=N–C) groups is 2. The molecule has 8 aliphatic carbocycles. The summed E-state index contributed by atoms with van der Waals surface area (Å²) in [5, 5.41) is -0.168. The number of nitrogens with zero attached hydrogens (tertiary/aromatic N) is 4. The standard InChI is InChI=1S/C76H66N4O14S2/c81-61-51-29-45-25-13-14-26-46(45)30-52(51)62(82)59(61)77-73-79-67-65(95-73)55-33-50-36-58-56(34-49(50)35-57(55)93-75(67,69(85)89-37-41-17-5-1-6-18-41)70(86)90-38-42-19-7-2-8-20-42)66-68(80-74(96-66)78-60-63(83)53-31-47-27-15-16-28-48(47)32-54(53)64(60)84)76(94-58,71(87)91-39-43-21-9-3-10-22-43)72(88)92-40-44-23-11-4-12-24-44/h1-12,17-24,33-36,45-54H,13-16,25-32,37-40H2. The number of thiazole rings is 2. The SMILES string of the molecule is O=C1C(=Nc2nc3c(s2)C2=CC4C=C5OC(C(=O)OCc6ccccc6)(C(=O)OCc6ccccc6)c6nc(N=C7C(=O)C8CC9CCCCC9CC8C7=O)sc6C5=CC4C=C2OC3(C(=O)OCc2ccccc2)C(=O)OCc2ccccc2)C(=O)C2CC3CCCCC3CC12. The summed E-state index contributed by atoms with van der Waals surface area (Å²) in [5.74, 6) is -7.94. The van der Waals surface area contributed by atoms with Gasteiger partial charge < -0.3 is 28.4 Å². The molecule has 486 valence electrons. The molecule has 0 saturated heterocycles. The number of carbonyl (C=O) groups excluding carboxylic acids is 8. The lowest BCUT2D eigenvalue weighted by Crippen LogP contribution is -2.51. The lowest BCUT2D eigenvalue weighted by molar-refractivity contribution is -0.191. The summed E-state index contributed by atoms with van der Waals surface area (Å²) in [4.78, 5) is 139. The van der Waals surface area contributed by atoms with E-state index in [2.05, 4.69) is 0 Å². The Morgan fingerprint density at radius 1 is 0.417 bits per heavy atom. The summed E-state index contributed by atoms with van der Waals surface area (Å²) >= 11 is 1.92. The Balaban J connectivity index is 0.829. The predicted octanol–water partition coefficient (Wildman–Crippen LogP) is 12.6. The number of ether oxygens (including phenoxy) is 6. The first kappa shape index (κ1) is 61.5. The molecule has 6 saturated carbocycles. The number of Topliss-reactive ketones (excluding diaryl/α,β-unsaturated/α-hetero) is 4. The van der Waals surface area contributed by atoms with Gasteiger partial charge in [0.25, 0.3) is 0 Å². The predicted molar refractivity (Wildman–Crippen MR) is 351 cm³/mol. The van der Waals surface area contributed by atoms with Gasteiger partial charge in [0, 0.05) is 46.7 Å². The molecule has 6 fully saturated rings. The maximum absolute atomic E-state index is 15.4. The summed E-state index contributed by atoms with van der Waals surface area (Å²) in [7, 11) is 0. The van der Waals surface area contributed by atoms with Crippen molar-refractivity contribution in [3.63, 3.8) is 0 Å². The van der Waals surface area contributed by atoms with E-state index in [0.29, 0.717) is 82.8 Å². The van der Waals surface area contributed by atoms with Gasteiger partial charge >= 0.3 is 35.1 Å². The third kappa shape index (κ3) is 10.7. The molecule has 2 aromatic heterocycles. The number of aromatic nitrogens is 2. The Morgan fingerprint density at radius 2 is 0.698 bits per heavy atom. The summed E-state index contributed by atoms with van der Waals surface area (Å²) in [6, 6.07) is 35.6. The van der Waals surface area contributed by atoms with E-state index in [1.54, 1.807) is 109 Å². The van der Waals surface area contributed by atoms with Crippen LogP contribution in [0.1, 0.15) is 120 Å². The van der Waals surface area contributed by atoms with Crippen molar-refractivity contribution in [2.24, 2.45) is 69.2 Å². The number of carbonyl (C=O) groups is 8. The largest absolute Gasteiger partial charge is 0.458 e. The molecule has 20 heteroatoms. The topological polar surface area (TPSA) is 242 Å². The van der Waals surface area contributed by atoms with Gasteiger partial charge in [-0.2, -0.15) is 0 Å². The molecule has 0 radical (unpaired) electrons. The number of ketones is 4. The van der Waals surface area contributed by atoms with Gasteiger partial charge in [-0.1, -0.05) is 208 Å². The zero-order valence-electron chi connectivity index (χ0n) is 52.3. The van der Waals surface area contributed by atoms with E-state index < -0.39 is 70.6 Å². The van der Waals surface area contributed by atoms with Gasteiger partial charge in [0.05, 0.1) is 9.75 Å². The van der Waals surface area contributed by atoms with Crippen molar-refractivity contribution in [1.82, 2.24) is 9.97 Å². The summed E-state index contributed by atoms with van der Waals surface area (Å²) in [5.41, 5.74) is -3.29. The number of esters is 4. The molecular formula is C76H66N4O14S2. The van der Waals surface area contributed by atoms with Crippen LogP contribution in [0, 0.1) is 59.2 Å². The average Bonchev–Trinajstić information content (AvgIpc) is 1.30. The van der Waals surface area contributed by atoms with Crippen molar-refractivity contribution in [2.45, 2.75) is 115 Å². The van der Waals surface area contributed by atoms with Crippen LogP contribution in [0.4, 0.5) is 10.3 Å². The minimum Gasteiger partial charge on any atom is -0.458 e. The van der Waals surface area contributed by atoms with Gasteiger partial charge in [-0.25, -0.2) is 39.1 Å². The quantitative estimate of drug-likeness (QED) is 0.0559. The zero-order valence-corrected chi connectivity index (χ0v) is 53.9. The number of hydrogen-bond acceptors (Lipinski definition) is 20. The molecule has 16 rings (SSSR count). The zero-order chi connectivity index (χ0) is 65.4. The molecule has 10 unspecified atom stereocenters. The van der Waals surface area contributed by atoms with Crippen LogP contribution in [-0.4, -0.2) is 68.4 Å². The van der Waals surface area contributed by atoms with E-state index in [1.807, 2.05) is 36.4 Å². The van der Waals surface area contributed by atoms with Crippen LogP contribution in [0.2, 0.25) is 0 Å². The van der Waals surface area contributed by atoms with Crippen LogP contribution >= 0.6 is 22.7 Å². The van der Waals surface area contributed by atoms with Crippen molar-refractivity contribution in [1.29, 1.82) is 0 Å². The highest BCUT2D eigenvalue weighted by Gasteiger charge is 2.64. The van der Waals surface area contributed by atoms with Crippen molar-refractivity contribution in [3.05, 3.63) is 201 Å². The summed E-state index contributed by atoms with van der Waals surface area (Å²) in [6.45, 7) is -1.11. The van der Waals surface area contributed by atoms with E-state index in [-0.39, 0.29) is 104 Å². The Kier molecular flexibility index (Phi) is 16.0. The van der Waals surface area contributed by atoms with Crippen LogP contribution in [-0.2, 0) is 104 Å². The van der Waals surface area contributed by atoms with Crippen LogP contribution in [0.15, 0.2) is 167 Å². The highest BCUT2D eigenvalue weighted by molar-refractivity contribution is 7.17. The number of fused-ring (bicyclic) bond motifs is 11. The third-order valence-corrected chi connectivity index (χ3v) is 23.3. The van der Waals surface area contributed by atoms with Crippen molar-refractivity contribution in [3.8, 4) is 0 Å². The average molecular weight is 1320 g/mol. The van der Waals surface area contributed by atoms with Gasteiger partial charge in [0.2, 0.25) is 10.3 Å². The van der Waals surface area contributed by atoms with Gasteiger partial charge in [0.1, 0.15) is 49.3 Å². The molecular weight excluding hydrogens is 1260 g/mol. The molecule has 6 aromatic rings. The van der Waals surface area contributed by atoms with Gasteiger partial charge in [-0.15, -0.1) is 0 Å². The van der Waals surface area contributed by atoms with Gasteiger partial charge in [-0.3, -0.25) is 19.2 Å². The molecule has 0 spiro atoms. The Bertz CT molecular complexity index is 3960. The van der Waals surface area contributed by atoms with Gasteiger partial charge in [0.15, 0.2) is 34.6 Å². The maximum atomic E-state index is 15.4. The fourth-order valence-corrected chi connectivity index (χ4v) is 18.5. The second-order valence-corrected chi connectivity index (χ2v) is 28.8. The molecule has 0 bridgehead atoms. The molecule has 10 aliphatic rings. The van der Waals surface area contributed by atoms with E-state index in [1.165, 1.54) is 0 Å². The maximum Gasteiger partial charge on any atom is 0.369 e. The van der Waals surface area contributed by atoms with E-state index in [0.717, 1.165) is 74.0 Å². The first-order valence-corrected chi connectivity index (χ1v) is 34.9. The molecule has 4 heterocycles. The fourth-order valence-electron chi connectivity index (χ4n) is 16.5. The first-order valence-electron chi connectivity index (χ1n) is 33.3. The molecule has 0 amide bonds. The minimum atomic E-state index is -2.75. The summed E-state index contributed by atoms with van der Waals surface area (Å²) in [6.07, 6.45) is 17.9. The summed E-state index contributed by atoms with van der Waals surface area (Å²) < 4.78 is 38.1. The van der Waals surface area contributed by atoms with Crippen molar-refractivity contribution < 1.29 is 66.8 Å². The van der Waals surface area contributed by atoms with Crippen LogP contribution in [0.25, 0.3) is 11.1 Å². The molecule has 0 N–H and O–H groups in total. The molecule has 96 heavy (non-hydrogen) atoms. The molecule has 2 aliphatic heterocycles. The van der Waals surface area contributed by atoms with E-state index in [9.17, 15) is 19.2 Å². The van der Waals surface area contributed by atoms with Crippen LogP contribution < -0.4 is 0 Å². The lowest BCUT2D eigenvalue weighted by atomic mass is 9.64. The third-order valence-electron chi connectivity index (χ3n) is 21.3. The minimum absolute atomic E-state index is 0.0477.